The Morgan fingerprint density at radius 3 is 1.25 bits per heavy atom. The Hall–Kier alpha value is -0.160. The van der Waals surface area contributed by atoms with E-state index in [1.54, 1.807) is 0 Å². The van der Waals surface area contributed by atoms with Crippen LogP contribution in [0.4, 0.5) is 0 Å². The minimum absolute atomic E-state index is 0. The summed E-state index contributed by atoms with van der Waals surface area (Å²) in [7, 11) is 0. The van der Waals surface area contributed by atoms with Gasteiger partial charge in [0.2, 0.25) is 0 Å². The average molecular weight is 64.0 g/mol. The lowest BCUT2D eigenvalue weighted by Crippen LogP contribution is -1.60. The minimum atomic E-state index is 0. The highest BCUT2D eigenvalue weighted by molar-refractivity contribution is 2.38. The van der Waals surface area contributed by atoms with Crippen LogP contribution in [0, 0.1) is 0 Å². The second-order valence-corrected chi connectivity index (χ2v) is 0.0816. The second kappa shape index (κ2) is 13.6. The van der Waals surface area contributed by atoms with Crippen LogP contribution in [-0.4, -0.2) is 10.5 Å². The predicted molar refractivity (Wildman–Crippen MR) is 8.48 cm³/mol. The fraction of sp³-hybridized carbons (Fsp3) is 0. The Morgan fingerprint density at radius 1 is 1.25 bits per heavy atom. The summed E-state index contributed by atoms with van der Waals surface area (Å²) in [5, 5.41) is 15.5. The zero-order chi connectivity index (χ0) is 2.71. The van der Waals surface area contributed by atoms with Crippen molar-refractivity contribution < 1.29 is 15.6 Å². The zero-order valence-corrected chi connectivity index (χ0v) is 1.75. The lowest BCUT2D eigenvalue weighted by Gasteiger charge is -1.56. The highest BCUT2D eigenvalue weighted by Gasteiger charge is 1.27. The highest BCUT2D eigenvalue weighted by Crippen LogP contribution is 1.24. The molecule has 4 heteroatoms. The van der Waals surface area contributed by atoms with Crippen molar-refractivity contribution in [3.63, 3.8) is 0 Å². The Morgan fingerprint density at radius 2 is 1.25 bits per heavy atom. The summed E-state index contributed by atoms with van der Waals surface area (Å²) >= 11 is 0. The molecule has 0 aliphatic carbocycles. The normalized spacial score (nSPS) is 4.50. The summed E-state index contributed by atoms with van der Waals surface area (Å²) in [6.07, 6.45) is 0. The lowest BCUT2D eigenvalue weighted by molar-refractivity contribution is -0.465. The third-order valence-electron chi connectivity index (χ3n) is 0. The van der Waals surface area contributed by atoms with E-state index in [1.165, 1.54) is 0 Å². The maximum Gasteiger partial charge on any atom is 0 e. The van der Waals surface area contributed by atoms with Crippen LogP contribution in [-0.2, 0) is 5.04 Å². The van der Waals surface area contributed by atoms with E-state index < -0.39 is 0 Å². The molecule has 25 valence electrons. The van der Waals surface area contributed by atoms with Crippen molar-refractivity contribution >= 4 is 0 Å². The SMILES string of the molecule is OOO.[N]. The number of rotatable bonds is 0. The van der Waals surface area contributed by atoms with Crippen molar-refractivity contribution in [2.24, 2.45) is 0 Å². The Kier molecular flexibility index (Phi) is 31.2. The lowest BCUT2D eigenvalue weighted by atomic mass is 14.0. The van der Waals surface area contributed by atoms with Gasteiger partial charge in [-0.2, -0.15) is 0 Å². The molecule has 0 aliphatic heterocycles. The van der Waals surface area contributed by atoms with Gasteiger partial charge >= 0.3 is 0 Å². The van der Waals surface area contributed by atoms with Gasteiger partial charge in [0.05, 0.1) is 0 Å². The molecule has 0 saturated heterocycles. The Labute approximate surface area is 23.1 Å². The molecule has 0 amide bonds. The largest absolute Gasteiger partial charge is 0.221 e. The summed E-state index contributed by atoms with van der Waals surface area (Å²) < 4.78 is 0. The number of nitrogens with zero attached hydrogens (tertiary/aromatic N) is 1. The molecule has 0 aromatic rings. The van der Waals surface area contributed by atoms with Gasteiger partial charge in [-0.05, 0) is 0 Å². The maximum atomic E-state index is 6.62. The van der Waals surface area contributed by atoms with Crippen LogP contribution in [0.3, 0.4) is 0 Å². The van der Waals surface area contributed by atoms with E-state index >= 15 is 0 Å². The van der Waals surface area contributed by atoms with Crippen molar-refractivity contribution in [1.82, 2.24) is 6.15 Å². The van der Waals surface area contributed by atoms with Crippen LogP contribution in [0.1, 0.15) is 0 Å². The van der Waals surface area contributed by atoms with Crippen molar-refractivity contribution in [3.05, 3.63) is 0 Å². The van der Waals surface area contributed by atoms with Crippen LogP contribution in [0.2, 0.25) is 0 Å². The van der Waals surface area contributed by atoms with Gasteiger partial charge in [0.15, 0.2) is 0 Å². The quantitative estimate of drug-likeness (QED) is 0.293. The van der Waals surface area contributed by atoms with Gasteiger partial charge in [-0.15, -0.1) is 0 Å². The summed E-state index contributed by atoms with van der Waals surface area (Å²) in [5.41, 5.74) is 0. The molecule has 0 aromatic heterocycles. The maximum absolute atomic E-state index is 6.62. The van der Waals surface area contributed by atoms with Crippen LogP contribution < -0.4 is 6.15 Å². The van der Waals surface area contributed by atoms with Gasteiger partial charge in [-0.3, -0.25) is 0 Å². The predicted octanol–water partition coefficient (Wildman–Crippen LogP) is -0.532. The van der Waals surface area contributed by atoms with Gasteiger partial charge in [0.25, 0.3) is 0 Å². The summed E-state index contributed by atoms with van der Waals surface area (Å²) in [4.78, 5) is 0. The van der Waals surface area contributed by atoms with E-state index in [-0.39, 0.29) is 6.15 Å². The molecule has 4 heavy (non-hydrogen) atoms. The molecule has 0 spiro atoms. The molecule has 0 atom stereocenters. The molecule has 2 N–H and O–H groups in total. The molecule has 0 rings (SSSR count). The molecule has 0 saturated carbocycles. The summed E-state index contributed by atoms with van der Waals surface area (Å²) in [6, 6.07) is 0. The smallest absolute Gasteiger partial charge is 0 e. The van der Waals surface area contributed by atoms with E-state index in [0.717, 1.165) is 0 Å². The molecule has 3 radical (unpaired) electrons. The summed E-state index contributed by atoms with van der Waals surface area (Å²) in [6.45, 7) is 0. The molecular weight excluding hydrogens is 62.0 g/mol. The van der Waals surface area contributed by atoms with Crippen molar-refractivity contribution in [1.29, 1.82) is 0 Å². The molecule has 0 heterocycles. The van der Waals surface area contributed by atoms with Crippen LogP contribution in [0.15, 0.2) is 0 Å². The average Bonchev–Trinajstić information content (AvgIpc) is 0.918. The van der Waals surface area contributed by atoms with Gasteiger partial charge in [0, 0.05) is 6.15 Å². The molecule has 0 aromatic carbocycles. The van der Waals surface area contributed by atoms with E-state index in [0.29, 0.717) is 0 Å². The minimum Gasteiger partial charge on any atom is -0.221 e. The fourth-order valence-corrected chi connectivity index (χ4v) is 0. The monoisotopic (exact) mass is 64.0 g/mol. The molecule has 4 nitrogen and oxygen atoms in total. The first kappa shape index (κ1) is 9.15. The Bertz CT molecular complexity index is 3.25. The standard InChI is InChI=1S/N.H2O3/c;1-3-2/h;1-2H. The molecule has 0 fully saturated rings. The highest BCUT2D eigenvalue weighted by atomic mass is 17.4. The van der Waals surface area contributed by atoms with Crippen molar-refractivity contribution in [3.8, 4) is 0 Å². The molecule has 0 bridgehead atoms. The van der Waals surface area contributed by atoms with Gasteiger partial charge in [-0.1, -0.05) is 5.04 Å². The van der Waals surface area contributed by atoms with Crippen molar-refractivity contribution in [2.45, 2.75) is 0 Å². The zero-order valence-electron chi connectivity index (χ0n) is 1.75. The van der Waals surface area contributed by atoms with Gasteiger partial charge in [-0.25, -0.2) is 10.5 Å². The molecule has 0 aliphatic rings. The third kappa shape index (κ3) is 50.7. The van der Waals surface area contributed by atoms with Crippen LogP contribution >= 0.6 is 0 Å². The number of hydrogen-bond donors (Lipinski definition) is 2. The van der Waals surface area contributed by atoms with E-state index in [1.807, 2.05) is 0 Å². The number of hydrogen-bond acceptors (Lipinski definition) is 3. The fourth-order valence-electron chi connectivity index (χ4n) is 0. The molecule has 0 unspecified atom stereocenters. The van der Waals surface area contributed by atoms with E-state index in [2.05, 4.69) is 5.04 Å². The molecular formula is H2NO3. The Balaban J connectivity index is 0. The van der Waals surface area contributed by atoms with Gasteiger partial charge in [0.1, 0.15) is 0 Å². The van der Waals surface area contributed by atoms with Gasteiger partial charge < -0.3 is 0 Å². The first-order valence-corrected chi connectivity index (χ1v) is 0.365. The summed E-state index contributed by atoms with van der Waals surface area (Å²) in [5.74, 6) is 0. The van der Waals surface area contributed by atoms with Crippen LogP contribution in [0.25, 0.3) is 0 Å². The second-order valence-electron chi connectivity index (χ2n) is 0.0816. The third-order valence-corrected chi connectivity index (χ3v) is 0. The van der Waals surface area contributed by atoms with E-state index in [4.69, 9.17) is 10.5 Å². The first-order chi connectivity index (χ1) is 1.41. The van der Waals surface area contributed by atoms with Crippen molar-refractivity contribution in [2.75, 3.05) is 0 Å². The topological polar surface area (TPSA) is 80.2 Å². The first-order valence-electron chi connectivity index (χ1n) is 0.365. The van der Waals surface area contributed by atoms with E-state index in [9.17, 15) is 0 Å². The van der Waals surface area contributed by atoms with Crippen LogP contribution in [0.5, 0.6) is 0 Å².